The number of benzene rings is 1. The van der Waals surface area contributed by atoms with E-state index < -0.39 is 0 Å². The maximum atomic E-state index is 13.1. The standard InChI is InChI=1S/C13H15FN2O3/c14-10-1-2-11-12(3-10)19-13(15-11)16-4-8(6-17)9(5-16)7-18/h1-3,8-9,17-18H,4-7H2. The maximum Gasteiger partial charge on any atom is 0.298 e. The number of rotatable bonds is 3. The number of oxazole rings is 1. The zero-order valence-electron chi connectivity index (χ0n) is 10.3. The summed E-state index contributed by atoms with van der Waals surface area (Å²) in [7, 11) is 0. The number of nitrogens with zero attached hydrogens (tertiary/aromatic N) is 2. The number of aliphatic hydroxyl groups excluding tert-OH is 2. The lowest BCUT2D eigenvalue weighted by Crippen LogP contribution is -2.20. The van der Waals surface area contributed by atoms with E-state index in [-0.39, 0.29) is 30.9 Å². The second-order valence-electron chi connectivity index (χ2n) is 4.90. The number of anilines is 1. The minimum atomic E-state index is -0.363. The third-order valence-electron chi connectivity index (χ3n) is 3.66. The molecule has 1 aromatic carbocycles. The predicted octanol–water partition coefficient (Wildman–Crippen LogP) is 1.00. The molecular formula is C13H15FN2O3. The van der Waals surface area contributed by atoms with E-state index in [1.807, 2.05) is 4.90 Å². The number of hydrogen-bond donors (Lipinski definition) is 2. The van der Waals surface area contributed by atoms with Gasteiger partial charge in [-0.3, -0.25) is 0 Å². The van der Waals surface area contributed by atoms with Gasteiger partial charge in [-0.25, -0.2) is 4.39 Å². The van der Waals surface area contributed by atoms with E-state index in [2.05, 4.69) is 4.98 Å². The van der Waals surface area contributed by atoms with E-state index in [1.54, 1.807) is 6.07 Å². The van der Waals surface area contributed by atoms with Crippen molar-refractivity contribution in [2.75, 3.05) is 31.2 Å². The second-order valence-corrected chi connectivity index (χ2v) is 4.90. The Hall–Kier alpha value is -1.66. The number of fused-ring (bicyclic) bond motifs is 1. The normalized spacial score (nSPS) is 23.4. The lowest BCUT2D eigenvalue weighted by Gasteiger charge is -2.12. The molecule has 0 radical (unpaired) electrons. The van der Waals surface area contributed by atoms with Gasteiger partial charge in [-0.15, -0.1) is 0 Å². The van der Waals surface area contributed by atoms with E-state index in [0.29, 0.717) is 30.2 Å². The molecule has 19 heavy (non-hydrogen) atoms. The van der Waals surface area contributed by atoms with Crippen LogP contribution in [-0.2, 0) is 0 Å². The highest BCUT2D eigenvalue weighted by Gasteiger charge is 2.34. The summed E-state index contributed by atoms with van der Waals surface area (Å²) in [4.78, 5) is 6.18. The summed E-state index contributed by atoms with van der Waals surface area (Å²) in [6, 6.07) is 4.62. The van der Waals surface area contributed by atoms with Gasteiger partial charge in [0, 0.05) is 44.2 Å². The van der Waals surface area contributed by atoms with E-state index in [0.717, 1.165) is 0 Å². The lowest BCUT2D eigenvalue weighted by molar-refractivity contribution is 0.152. The number of halogens is 1. The van der Waals surface area contributed by atoms with Crippen molar-refractivity contribution in [3.8, 4) is 0 Å². The van der Waals surface area contributed by atoms with Crippen LogP contribution in [-0.4, -0.2) is 41.5 Å². The molecule has 2 heterocycles. The smallest absolute Gasteiger partial charge is 0.298 e. The molecule has 1 aliphatic heterocycles. The van der Waals surface area contributed by atoms with Crippen molar-refractivity contribution >= 4 is 17.1 Å². The fourth-order valence-corrected chi connectivity index (χ4v) is 2.53. The summed E-state index contributed by atoms with van der Waals surface area (Å²) in [5.74, 6) is -0.341. The van der Waals surface area contributed by atoms with Crippen LogP contribution in [0, 0.1) is 17.7 Å². The number of aliphatic hydroxyl groups is 2. The zero-order chi connectivity index (χ0) is 13.4. The number of aromatic nitrogens is 1. The largest absolute Gasteiger partial charge is 0.423 e. The zero-order valence-corrected chi connectivity index (χ0v) is 10.3. The Kier molecular flexibility index (Phi) is 3.12. The highest BCUT2D eigenvalue weighted by molar-refractivity contribution is 5.74. The molecule has 2 unspecified atom stereocenters. The minimum Gasteiger partial charge on any atom is -0.423 e. The Balaban J connectivity index is 1.88. The Bertz CT molecular complexity index is 574. The van der Waals surface area contributed by atoms with Crippen molar-refractivity contribution in [3.63, 3.8) is 0 Å². The molecule has 0 aliphatic carbocycles. The average molecular weight is 266 g/mol. The monoisotopic (exact) mass is 266 g/mol. The van der Waals surface area contributed by atoms with Crippen LogP contribution in [0.25, 0.3) is 11.1 Å². The first-order valence-electron chi connectivity index (χ1n) is 6.24. The molecule has 1 aromatic heterocycles. The first-order valence-corrected chi connectivity index (χ1v) is 6.24. The maximum absolute atomic E-state index is 13.1. The van der Waals surface area contributed by atoms with Gasteiger partial charge in [0.25, 0.3) is 6.01 Å². The van der Waals surface area contributed by atoms with Gasteiger partial charge >= 0.3 is 0 Å². The topological polar surface area (TPSA) is 69.7 Å². The van der Waals surface area contributed by atoms with E-state index in [4.69, 9.17) is 4.42 Å². The molecule has 3 rings (SSSR count). The van der Waals surface area contributed by atoms with Gasteiger partial charge in [0.1, 0.15) is 11.3 Å². The fourth-order valence-electron chi connectivity index (χ4n) is 2.53. The van der Waals surface area contributed by atoms with Gasteiger partial charge in [0.2, 0.25) is 0 Å². The van der Waals surface area contributed by atoms with E-state index in [1.165, 1.54) is 12.1 Å². The van der Waals surface area contributed by atoms with Crippen molar-refractivity contribution < 1.29 is 19.0 Å². The lowest BCUT2D eigenvalue weighted by atomic mass is 9.98. The first kappa shape index (κ1) is 12.4. The van der Waals surface area contributed by atoms with Crippen molar-refractivity contribution in [2.24, 2.45) is 11.8 Å². The molecule has 2 aromatic rings. The number of hydrogen-bond acceptors (Lipinski definition) is 5. The second kappa shape index (κ2) is 4.79. The molecular weight excluding hydrogens is 251 g/mol. The van der Waals surface area contributed by atoms with Gasteiger partial charge in [-0.1, -0.05) is 0 Å². The Labute approximate surface area is 109 Å². The van der Waals surface area contributed by atoms with Crippen LogP contribution < -0.4 is 4.90 Å². The molecule has 102 valence electrons. The Morgan fingerprint density at radius 2 is 1.95 bits per heavy atom. The van der Waals surface area contributed by atoms with Crippen LogP contribution in [0.1, 0.15) is 0 Å². The first-order chi connectivity index (χ1) is 9.21. The van der Waals surface area contributed by atoms with Gasteiger partial charge in [0.05, 0.1) is 0 Å². The molecule has 5 nitrogen and oxygen atoms in total. The Morgan fingerprint density at radius 1 is 1.26 bits per heavy atom. The van der Waals surface area contributed by atoms with Gasteiger partial charge in [-0.2, -0.15) is 4.98 Å². The molecule has 0 spiro atoms. The van der Waals surface area contributed by atoms with Gasteiger partial charge < -0.3 is 19.5 Å². The quantitative estimate of drug-likeness (QED) is 0.867. The molecule has 0 saturated carbocycles. The van der Waals surface area contributed by atoms with Crippen molar-refractivity contribution in [2.45, 2.75) is 0 Å². The fraction of sp³-hybridized carbons (Fsp3) is 0.462. The van der Waals surface area contributed by atoms with Crippen molar-refractivity contribution in [1.29, 1.82) is 0 Å². The van der Waals surface area contributed by atoms with Crippen LogP contribution in [0.15, 0.2) is 22.6 Å². The molecule has 2 atom stereocenters. The molecule has 1 fully saturated rings. The molecule has 2 N–H and O–H groups in total. The van der Waals surface area contributed by atoms with Crippen molar-refractivity contribution in [3.05, 3.63) is 24.0 Å². The molecule has 0 amide bonds. The highest BCUT2D eigenvalue weighted by atomic mass is 19.1. The van der Waals surface area contributed by atoms with Crippen LogP contribution in [0.4, 0.5) is 10.4 Å². The molecule has 1 aliphatic rings. The third kappa shape index (κ3) is 2.17. The van der Waals surface area contributed by atoms with Gasteiger partial charge in [-0.05, 0) is 12.1 Å². The van der Waals surface area contributed by atoms with Gasteiger partial charge in [0.15, 0.2) is 5.58 Å². The Morgan fingerprint density at radius 3 is 2.58 bits per heavy atom. The summed E-state index contributed by atoms with van der Waals surface area (Å²) in [6.45, 7) is 1.21. The van der Waals surface area contributed by atoms with Crippen molar-refractivity contribution in [1.82, 2.24) is 4.98 Å². The summed E-state index contributed by atoms with van der Waals surface area (Å²) in [5.41, 5.74) is 1.01. The summed E-state index contributed by atoms with van der Waals surface area (Å²) in [6.07, 6.45) is 0. The predicted molar refractivity (Wildman–Crippen MR) is 67.3 cm³/mol. The molecule has 6 heteroatoms. The highest BCUT2D eigenvalue weighted by Crippen LogP contribution is 2.29. The van der Waals surface area contributed by atoms with Crippen LogP contribution >= 0.6 is 0 Å². The van der Waals surface area contributed by atoms with Crippen LogP contribution in [0.2, 0.25) is 0 Å². The summed E-state index contributed by atoms with van der Waals surface area (Å²) < 4.78 is 18.6. The summed E-state index contributed by atoms with van der Waals surface area (Å²) >= 11 is 0. The van der Waals surface area contributed by atoms with Crippen LogP contribution in [0.5, 0.6) is 0 Å². The molecule has 1 saturated heterocycles. The molecule has 0 bridgehead atoms. The SMILES string of the molecule is OCC1CN(c2nc3ccc(F)cc3o2)CC1CO. The van der Waals surface area contributed by atoms with Crippen LogP contribution in [0.3, 0.4) is 0 Å². The minimum absolute atomic E-state index is 0.0109. The average Bonchev–Trinajstić information content (AvgIpc) is 3.00. The van der Waals surface area contributed by atoms with E-state index >= 15 is 0 Å². The summed E-state index contributed by atoms with van der Waals surface area (Å²) in [5, 5.41) is 18.5. The third-order valence-corrected chi connectivity index (χ3v) is 3.66. The van der Waals surface area contributed by atoms with E-state index in [9.17, 15) is 14.6 Å².